The zero-order valence-electron chi connectivity index (χ0n) is 10.6. The first-order valence-corrected chi connectivity index (χ1v) is 7.05. The molecule has 20 heavy (non-hydrogen) atoms. The number of aliphatic hydroxyl groups is 1. The lowest BCUT2D eigenvalue weighted by Gasteiger charge is -2.12. The normalized spacial score (nSPS) is 12.6. The van der Waals surface area contributed by atoms with Crippen LogP contribution in [0.15, 0.2) is 65.1 Å². The van der Waals surface area contributed by atoms with Gasteiger partial charge in [0.05, 0.1) is 0 Å². The molecule has 0 fully saturated rings. The Morgan fingerprint density at radius 1 is 0.850 bits per heavy atom. The van der Waals surface area contributed by atoms with Crippen molar-refractivity contribution in [3.8, 4) is 0 Å². The Labute approximate surface area is 124 Å². The molecular formula is C17H12BrFO. The molecule has 0 amide bonds. The van der Waals surface area contributed by atoms with E-state index in [1.807, 2.05) is 36.4 Å². The predicted octanol–water partition coefficient (Wildman–Crippen LogP) is 4.82. The van der Waals surface area contributed by atoms with E-state index in [-0.39, 0.29) is 5.82 Å². The Balaban J connectivity index is 2.03. The van der Waals surface area contributed by atoms with Crippen molar-refractivity contribution in [1.29, 1.82) is 0 Å². The molecule has 0 bridgehead atoms. The lowest BCUT2D eigenvalue weighted by atomic mass is 9.98. The Bertz CT molecular complexity index is 770. The van der Waals surface area contributed by atoms with Crippen LogP contribution >= 0.6 is 15.9 Å². The molecule has 1 unspecified atom stereocenters. The average molecular weight is 331 g/mol. The summed E-state index contributed by atoms with van der Waals surface area (Å²) in [4.78, 5) is 0. The van der Waals surface area contributed by atoms with E-state index in [1.54, 1.807) is 12.1 Å². The minimum Gasteiger partial charge on any atom is -0.384 e. The fourth-order valence-electron chi connectivity index (χ4n) is 2.27. The highest BCUT2D eigenvalue weighted by Gasteiger charge is 2.11. The first-order chi connectivity index (χ1) is 9.63. The largest absolute Gasteiger partial charge is 0.384 e. The van der Waals surface area contributed by atoms with Crippen LogP contribution in [0.1, 0.15) is 17.2 Å². The first kappa shape index (κ1) is 13.3. The van der Waals surface area contributed by atoms with Crippen LogP contribution in [0.4, 0.5) is 4.39 Å². The second-order valence-electron chi connectivity index (χ2n) is 4.71. The zero-order valence-corrected chi connectivity index (χ0v) is 12.1. The van der Waals surface area contributed by atoms with Crippen LogP contribution in [0.2, 0.25) is 0 Å². The fraction of sp³-hybridized carbons (Fsp3) is 0.0588. The summed E-state index contributed by atoms with van der Waals surface area (Å²) >= 11 is 3.43. The van der Waals surface area contributed by atoms with Gasteiger partial charge in [0.25, 0.3) is 0 Å². The van der Waals surface area contributed by atoms with Crippen LogP contribution in [0, 0.1) is 5.82 Å². The third-order valence-corrected chi connectivity index (χ3v) is 3.80. The number of hydrogen-bond acceptors (Lipinski definition) is 1. The van der Waals surface area contributed by atoms with Gasteiger partial charge in [0.15, 0.2) is 0 Å². The third kappa shape index (κ3) is 2.60. The van der Waals surface area contributed by atoms with Crippen LogP contribution in [-0.4, -0.2) is 5.11 Å². The molecule has 0 saturated carbocycles. The molecule has 0 radical (unpaired) electrons. The van der Waals surface area contributed by atoms with E-state index in [0.29, 0.717) is 5.56 Å². The molecule has 0 heterocycles. The lowest BCUT2D eigenvalue weighted by molar-refractivity contribution is 0.220. The number of hydrogen-bond donors (Lipinski definition) is 1. The third-order valence-electron chi connectivity index (χ3n) is 3.31. The number of fused-ring (bicyclic) bond motifs is 1. The van der Waals surface area contributed by atoms with Gasteiger partial charge >= 0.3 is 0 Å². The molecule has 0 aliphatic rings. The average Bonchev–Trinajstić information content (AvgIpc) is 2.46. The van der Waals surface area contributed by atoms with Crippen molar-refractivity contribution < 1.29 is 9.50 Å². The van der Waals surface area contributed by atoms with E-state index in [4.69, 9.17) is 0 Å². The zero-order chi connectivity index (χ0) is 14.1. The maximum absolute atomic E-state index is 13.2. The molecule has 0 spiro atoms. The molecule has 1 nitrogen and oxygen atoms in total. The minimum atomic E-state index is -0.821. The van der Waals surface area contributed by atoms with Crippen LogP contribution in [-0.2, 0) is 0 Å². The highest BCUT2D eigenvalue weighted by molar-refractivity contribution is 9.10. The highest BCUT2D eigenvalue weighted by Crippen LogP contribution is 2.27. The van der Waals surface area contributed by atoms with Gasteiger partial charge in [-0.2, -0.15) is 0 Å². The molecule has 0 aliphatic heterocycles. The number of rotatable bonds is 2. The summed E-state index contributed by atoms with van der Waals surface area (Å²) in [6.07, 6.45) is -0.821. The van der Waals surface area contributed by atoms with Gasteiger partial charge in [-0.3, -0.25) is 0 Å². The van der Waals surface area contributed by atoms with Crippen molar-refractivity contribution >= 4 is 26.7 Å². The minimum absolute atomic E-state index is 0.341. The Morgan fingerprint density at radius 2 is 1.55 bits per heavy atom. The molecular weight excluding hydrogens is 319 g/mol. The molecule has 0 aliphatic carbocycles. The van der Waals surface area contributed by atoms with E-state index in [2.05, 4.69) is 15.9 Å². The van der Waals surface area contributed by atoms with Gasteiger partial charge in [-0.25, -0.2) is 4.39 Å². The van der Waals surface area contributed by atoms with Gasteiger partial charge < -0.3 is 5.11 Å². The number of benzene rings is 3. The summed E-state index contributed by atoms with van der Waals surface area (Å²) in [6.45, 7) is 0. The van der Waals surface area contributed by atoms with Crippen molar-refractivity contribution in [3.05, 3.63) is 82.1 Å². The van der Waals surface area contributed by atoms with Gasteiger partial charge in [-0.05, 0) is 52.2 Å². The maximum atomic E-state index is 13.2. The molecule has 3 aromatic carbocycles. The van der Waals surface area contributed by atoms with Crippen molar-refractivity contribution in [2.45, 2.75) is 6.10 Å². The Morgan fingerprint density at radius 3 is 2.35 bits per heavy atom. The second kappa shape index (κ2) is 5.35. The molecule has 3 heteroatoms. The van der Waals surface area contributed by atoms with E-state index >= 15 is 0 Å². The maximum Gasteiger partial charge on any atom is 0.123 e. The molecule has 0 aromatic heterocycles. The quantitative estimate of drug-likeness (QED) is 0.714. The van der Waals surface area contributed by atoms with Crippen LogP contribution in [0.5, 0.6) is 0 Å². The highest BCUT2D eigenvalue weighted by atomic mass is 79.9. The summed E-state index contributed by atoms with van der Waals surface area (Å²) in [5, 5.41) is 12.5. The first-order valence-electron chi connectivity index (χ1n) is 6.26. The van der Waals surface area contributed by atoms with Crippen molar-refractivity contribution in [3.63, 3.8) is 0 Å². The molecule has 1 atom stereocenters. The van der Waals surface area contributed by atoms with Crippen LogP contribution in [0.25, 0.3) is 10.8 Å². The smallest absolute Gasteiger partial charge is 0.123 e. The van der Waals surface area contributed by atoms with E-state index in [9.17, 15) is 9.50 Å². The number of aliphatic hydroxyl groups excluding tert-OH is 1. The Kier molecular flexibility index (Phi) is 3.55. The standard InChI is InChI=1S/C17H12BrFO/c18-15-7-6-11-8-14(5-4-12(11)9-15)17(20)13-2-1-3-16(19)10-13/h1-10,17,20H. The summed E-state index contributed by atoms with van der Waals surface area (Å²) in [5.41, 5.74) is 1.31. The van der Waals surface area contributed by atoms with Crippen molar-refractivity contribution in [1.82, 2.24) is 0 Å². The second-order valence-corrected chi connectivity index (χ2v) is 5.62. The van der Waals surface area contributed by atoms with Gasteiger partial charge in [0.2, 0.25) is 0 Å². The molecule has 0 saturated heterocycles. The van der Waals surface area contributed by atoms with E-state index < -0.39 is 6.10 Å². The summed E-state index contributed by atoms with van der Waals surface area (Å²) < 4.78 is 14.2. The van der Waals surface area contributed by atoms with Gasteiger partial charge in [-0.15, -0.1) is 0 Å². The van der Waals surface area contributed by atoms with Crippen molar-refractivity contribution in [2.24, 2.45) is 0 Å². The SMILES string of the molecule is OC(c1cccc(F)c1)c1ccc2cc(Br)ccc2c1. The predicted molar refractivity (Wildman–Crippen MR) is 82.1 cm³/mol. The monoisotopic (exact) mass is 330 g/mol. The lowest BCUT2D eigenvalue weighted by Crippen LogP contribution is -1.99. The summed E-state index contributed by atoms with van der Waals surface area (Å²) in [6, 6.07) is 17.8. The summed E-state index contributed by atoms with van der Waals surface area (Å²) in [5.74, 6) is -0.341. The Hall–Kier alpha value is -1.71. The topological polar surface area (TPSA) is 20.2 Å². The molecule has 3 aromatic rings. The van der Waals surface area contributed by atoms with E-state index in [0.717, 1.165) is 20.8 Å². The molecule has 1 N–H and O–H groups in total. The number of halogens is 2. The fourth-order valence-corrected chi connectivity index (χ4v) is 2.65. The van der Waals surface area contributed by atoms with Crippen LogP contribution in [0.3, 0.4) is 0 Å². The van der Waals surface area contributed by atoms with Gasteiger partial charge in [-0.1, -0.05) is 46.3 Å². The van der Waals surface area contributed by atoms with Gasteiger partial charge in [0, 0.05) is 4.47 Å². The van der Waals surface area contributed by atoms with Crippen LogP contribution < -0.4 is 0 Å². The molecule has 3 rings (SSSR count). The molecule has 100 valence electrons. The van der Waals surface area contributed by atoms with Crippen molar-refractivity contribution in [2.75, 3.05) is 0 Å². The van der Waals surface area contributed by atoms with Gasteiger partial charge in [0.1, 0.15) is 11.9 Å². The van der Waals surface area contributed by atoms with E-state index in [1.165, 1.54) is 12.1 Å². The summed E-state index contributed by atoms with van der Waals surface area (Å²) in [7, 11) is 0.